The SMILES string of the molecule is O/N=C1/c2ccccc2/C(=N/O)C1c1ccccc1. The fourth-order valence-corrected chi connectivity index (χ4v) is 2.55. The molecule has 0 saturated heterocycles. The molecule has 1 aliphatic rings. The second-order valence-electron chi connectivity index (χ2n) is 4.36. The lowest BCUT2D eigenvalue weighted by atomic mass is 9.93. The van der Waals surface area contributed by atoms with Crippen LogP contribution in [0.5, 0.6) is 0 Å². The lowest BCUT2D eigenvalue weighted by molar-refractivity contribution is 0.315. The zero-order chi connectivity index (χ0) is 13.2. The van der Waals surface area contributed by atoms with E-state index in [9.17, 15) is 10.4 Å². The van der Waals surface area contributed by atoms with Gasteiger partial charge in [-0.15, -0.1) is 0 Å². The largest absolute Gasteiger partial charge is 0.411 e. The average molecular weight is 252 g/mol. The van der Waals surface area contributed by atoms with Crippen LogP contribution < -0.4 is 0 Å². The first-order valence-electron chi connectivity index (χ1n) is 5.95. The molecule has 2 N–H and O–H groups in total. The molecule has 2 aromatic carbocycles. The Hall–Kier alpha value is -2.62. The molecule has 0 saturated carbocycles. The second-order valence-corrected chi connectivity index (χ2v) is 4.36. The Morgan fingerprint density at radius 3 is 1.63 bits per heavy atom. The Bertz CT molecular complexity index is 624. The molecule has 0 amide bonds. The van der Waals surface area contributed by atoms with Crippen LogP contribution >= 0.6 is 0 Å². The Kier molecular flexibility index (Phi) is 2.76. The van der Waals surface area contributed by atoms with Crippen LogP contribution in [0, 0.1) is 0 Å². The highest BCUT2D eigenvalue weighted by molar-refractivity contribution is 6.33. The summed E-state index contributed by atoms with van der Waals surface area (Å²) in [4.78, 5) is 0. The fourth-order valence-electron chi connectivity index (χ4n) is 2.55. The zero-order valence-corrected chi connectivity index (χ0v) is 10.1. The number of rotatable bonds is 1. The molecular weight excluding hydrogens is 240 g/mol. The van der Waals surface area contributed by atoms with Crippen molar-refractivity contribution < 1.29 is 10.4 Å². The first-order chi connectivity index (χ1) is 9.36. The van der Waals surface area contributed by atoms with Gasteiger partial charge in [0.2, 0.25) is 0 Å². The van der Waals surface area contributed by atoms with E-state index >= 15 is 0 Å². The van der Waals surface area contributed by atoms with E-state index in [4.69, 9.17) is 0 Å². The van der Waals surface area contributed by atoms with Crippen LogP contribution in [0.3, 0.4) is 0 Å². The highest BCUT2D eigenvalue weighted by Crippen LogP contribution is 2.34. The Balaban J connectivity index is 2.22. The predicted molar refractivity (Wildman–Crippen MR) is 72.3 cm³/mol. The van der Waals surface area contributed by atoms with Gasteiger partial charge < -0.3 is 10.4 Å². The molecule has 0 unspecified atom stereocenters. The summed E-state index contributed by atoms with van der Waals surface area (Å²) in [6.07, 6.45) is 0. The third-order valence-electron chi connectivity index (χ3n) is 3.37. The Morgan fingerprint density at radius 1 is 0.684 bits per heavy atom. The molecule has 4 nitrogen and oxygen atoms in total. The molecule has 0 heterocycles. The number of hydrogen-bond donors (Lipinski definition) is 2. The quantitative estimate of drug-likeness (QED) is 0.605. The van der Waals surface area contributed by atoms with Crippen molar-refractivity contribution in [1.82, 2.24) is 0 Å². The van der Waals surface area contributed by atoms with Gasteiger partial charge in [-0.25, -0.2) is 0 Å². The van der Waals surface area contributed by atoms with Crippen molar-refractivity contribution in [1.29, 1.82) is 0 Å². The summed E-state index contributed by atoms with van der Waals surface area (Å²) in [5.41, 5.74) is 3.54. The zero-order valence-electron chi connectivity index (χ0n) is 10.1. The number of hydrogen-bond acceptors (Lipinski definition) is 4. The monoisotopic (exact) mass is 252 g/mol. The maximum absolute atomic E-state index is 9.31. The molecule has 0 fully saturated rings. The van der Waals surface area contributed by atoms with Crippen molar-refractivity contribution in [2.75, 3.05) is 0 Å². The maximum atomic E-state index is 9.31. The molecule has 4 heteroatoms. The standard InChI is InChI=1S/C15H12N2O2/c18-16-14-11-8-4-5-9-12(11)15(17-19)13(14)10-6-2-1-3-7-10/h1-9,13,18-19H/b16-14-,17-15-. The molecule has 19 heavy (non-hydrogen) atoms. The molecule has 94 valence electrons. The molecule has 0 radical (unpaired) electrons. The van der Waals surface area contributed by atoms with Crippen LogP contribution in [-0.2, 0) is 0 Å². The van der Waals surface area contributed by atoms with Gasteiger partial charge in [0.1, 0.15) is 11.4 Å². The van der Waals surface area contributed by atoms with Crippen molar-refractivity contribution in [3.05, 3.63) is 71.3 Å². The topological polar surface area (TPSA) is 65.2 Å². The Labute approximate surface area is 110 Å². The Morgan fingerprint density at radius 2 is 1.16 bits per heavy atom. The fraction of sp³-hybridized carbons (Fsp3) is 0.0667. The van der Waals surface area contributed by atoms with Gasteiger partial charge in [-0.3, -0.25) is 0 Å². The minimum atomic E-state index is -0.339. The summed E-state index contributed by atoms with van der Waals surface area (Å²) >= 11 is 0. The maximum Gasteiger partial charge on any atom is 0.101 e. The molecule has 0 atom stereocenters. The summed E-state index contributed by atoms with van der Waals surface area (Å²) in [6.45, 7) is 0. The number of oxime groups is 2. The molecule has 0 bridgehead atoms. The number of benzene rings is 2. The van der Waals surface area contributed by atoms with Gasteiger partial charge in [-0.1, -0.05) is 64.9 Å². The minimum Gasteiger partial charge on any atom is -0.411 e. The van der Waals surface area contributed by atoms with Crippen LogP contribution in [-0.4, -0.2) is 21.8 Å². The van der Waals surface area contributed by atoms with Crippen LogP contribution in [0.15, 0.2) is 64.9 Å². The van der Waals surface area contributed by atoms with Crippen LogP contribution in [0.4, 0.5) is 0 Å². The molecule has 2 aromatic rings. The first-order valence-corrected chi connectivity index (χ1v) is 5.95. The highest BCUT2D eigenvalue weighted by Gasteiger charge is 2.36. The van der Waals surface area contributed by atoms with Crippen LogP contribution in [0.1, 0.15) is 22.6 Å². The van der Waals surface area contributed by atoms with Gasteiger partial charge in [0, 0.05) is 11.1 Å². The second kappa shape index (κ2) is 4.57. The lowest BCUT2D eigenvalue weighted by Crippen LogP contribution is -2.14. The van der Waals surface area contributed by atoms with Crippen molar-refractivity contribution in [3.8, 4) is 0 Å². The van der Waals surface area contributed by atoms with Crippen molar-refractivity contribution >= 4 is 11.4 Å². The van der Waals surface area contributed by atoms with Crippen molar-refractivity contribution in [2.45, 2.75) is 5.92 Å². The van der Waals surface area contributed by atoms with Crippen LogP contribution in [0.25, 0.3) is 0 Å². The van der Waals surface area contributed by atoms with E-state index < -0.39 is 0 Å². The first kappa shape index (κ1) is 11.5. The molecule has 1 aliphatic carbocycles. The van der Waals surface area contributed by atoms with Gasteiger partial charge in [0.05, 0.1) is 5.92 Å². The minimum absolute atomic E-state index is 0.339. The van der Waals surface area contributed by atoms with E-state index in [1.807, 2.05) is 54.6 Å². The number of fused-ring (bicyclic) bond motifs is 1. The number of nitrogens with zero attached hydrogens (tertiary/aromatic N) is 2. The van der Waals surface area contributed by atoms with E-state index in [-0.39, 0.29) is 5.92 Å². The van der Waals surface area contributed by atoms with E-state index in [1.54, 1.807) is 0 Å². The van der Waals surface area contributed by atoms with Crippen molar-refractivity contribution in [3.63, 3.8) is 0 Å². The van der Waals surface area contributed by atoms with E-state index in [0.717, 1.165) is 16.7 Å². The smallest absolute Gasteiger partial charge is 0.101 e. The molecule has 0 spiro atoms. The summed E-state index contributed by atoms with van der Waals surface area (Å²) in [6, 6.07) is 17.0. The van der Waals surface area contributed by atoms with Gasteiger partial charge in [0.15, 0.2) is 0 Å². The van der Waals surface area contributed by atoms with Gasteiger partial charge >= 0.3 is 0 Å². The summed E-state index contributed by atoms with van der Waals surface area (Å²) in [5, 5.41) is 25.4. The molecule has 0 aliphatic heterocycles. The van der Waals surface area contributed by atoms with E-state index in [2.05, 4.69) is 10.3 Å². The molecular formula is C15H12N2O2. The van der Waals surface area contributed by atoms with Gasteiger partial charge in [-0.05, 0) is 5.56 Å². The highest BCUT2D eigenvalue weighted by atomic mass is 16.4. The summed E-state index contributed by atoms with van der Waals surface area (Å²) < 4.78 is 0. The van der Waals surface area contributed by atoms with E-state index in [0.29, 0.717) is 11.4 Å². The molecule has 0 aromatic heterocycles. The normalized spacial score (nSPS) is 18.9. The molecule has 3 rings (SSSR count). The van der Waals surface area contributed by atoms with Gasteiger partial charge in [-0.2, -0.15) is 0 Å². The van der Waals surface area contributed by atoms with Crippen molar-refractivity contribution in [2.24, 2.45) is 10.3 Å². The van der Waals surface area contributed by atoms with E-state index in [1.165, 1.54) is 0 Å². The lowest BCUT2D eigenvalue weighted by Gasteiger charge is -2.10. The third-order valence-corrected chi connectivity index (χ3v) is 3.37. The summed E-state index contributed by atoms with van der Waals surface area (Å²) in [5.74, 6) is -0.339. The summed E-state index contributed by atoms with van der Waals surface area (Å²) in [7, 11) is 0. The van der Waals surface area contributed by atoms with Crippen LogP contribution in [0.2, 0.25) is 0 Å². The van der Waals surface area contributed by atoms with Gasteiger partial charge in [0.25, 0.3) is 0 Å². The predicted octanol–water partition coefficient (Wildman–Crippen LogP) is 2.84. The third kappa shape index (κ3) is 1.69. The average Bonchev–Trinajstić information content (AvgIpc) is 2.81.